The van der Waals surface area contributed by atoms with Crippen LogP contribution in [0.4, 0.5) is 10.1 Å². The lowest BCUT2D eigenvalue weighted by atomic mass is 10.0. The molecule has 0 atom stereocenters. The van der Waals surface area contributed by atoms with E-state index in [1.807, 2.05) is 25.1 Å². The maximum Gasteiger partial charge on any atom is 0.191 e. The van der Waals surface area contributed by atoms with Gasteiger partial charge in [0.1, 0.15) is 5.82 Å². The van der Waals surface area contributed by atoms with Gasteiger partial charge in [-0.25, -0.2) is 4.39 Å². The Bertz CT molecular complexity index is 904. The molecular formula is C19H16FN3S. The van der Waals surface area contributed by atoms with Crippen molar-refractivity contribution in [3.63, 3.8) is 0 Å². The lowest BCUT2D eigenvalue weighted by Gasteiger charge is -2.08. The van der Waals surface area contributed by atoms with Crippen LogP contribution in [-0.4, -0.2) is 10.8 Å². The fourth-order valence-electron chi connectivity index (χ4n) is 2.31. The van der Waals surface area contributed by atoms with E-state index >= 15 is 0 Å². The second-order valence-corrected chi connectivity index (χ2v) is 5.74. The summed E-state index contributed by atoms with van der Waals surface area (Å²) in [6, 6.07) is 20.3. The van der Waals surface area contributed by atoms with Gasteiger partial charge in [0.15, 0.2) is 5.11 Å². The number of hydrazone groups is 1. The van der Waals surface area contributed by atoms with Crippen molar-refractivity contribution in [1.82, 2.24) is 5.43 Å². The van der Waals surface area contributed by atoms with Crippen LogP contribution < -0.4 is 10.7 Å². The molecule has 3 nitrogen and oxygen atoms in total. The molecule has 0 bridgehead atoms. The number of anilines is 1. The van der Waals surface area contributed by atoms with Gasteiger partial charge in [0.2, 0.25) is 0 Å². The number of hydrogen-bond donors (Lipinski definition) is 2. The molecule has 3 aromatic carbocycles. The predicted molar refractivity (Wildman–Crippen MR) is 102 cm³/mol. The number of nitrogens with zero attached hydrogens (tertiary/aromatic N) is 1. The van der Waals surface area contributed by atoms with E-state index in [-0.39, 0.29) is 5.82 Å². The van der Waals surface area contributed by atoms with Crippen LogP contribution in [-0.2, 0) is 0 Å². The van der Waals surface area contributed by atoms with Gasteiger partial charge in [-0.2, -0.15) is 5.10 Å². The van der Waals surface area contributed by atoms with Crippen LogP contribution in [0.5, 0.6) is 0 Å². The molecule has 0 aliphatic carbocycles. The Hall–Kier alpha value is -2.79. The molecule has 0 saturated heterocycles. The van der Waals surface area contributed by atoms with E-state index in [0.717, 1.165) is 16.7 Å². The summed E-state index contributed by atoms with van der Waals surface area (Å²) in [5, 5.41) is 9.96. The Morgan fingerprint density at radius 3 is 2.42 bits per heavy atom. The minimum absolute atomic E-state index is 0.287. The first-order valence-electron chi connectivity index (χ1n) is 7.48. The molecule has 3 rings (SSSR count). The summed E-state index contributed by atoms with van der Waals surface area (Å²) in [4.78, 5) is 0. The summed E-state index contributed by atoms with van der Waals surface area (Å²) in [6.07, 6.45) is 0. The standard InChI is InChI=1S/C19H16FN3S/c1-13(15-7-6-14-4-2-3-5-16(14)12-15)22-23-19(24)21-18-10-8-17(20)9-11-18/h2-12H,1H3,(H2,21,23,24)/b22-13-. The highest BCUT2D eigenvalue weighted by Crippen LogP contribution is 2.16. The van der Waals surface area contributed by atoms with Crippen molar-refractivity contribution in [2.75, 3.05) is 5.32 Å². The first kappa shape index (κ1) is 16.1. The van der Waals surface area contributed by atoms with Crippen molar-refractivity contribution in [2.45, 2.75) is 6.92 Å². The van der Waals surface area contributed by atoms with Gasteiger partial charge in [0.05, 0.1) is 5.71 Å². The topological polar surface area (TPSA) is 36.4 Å². The molecule has 0 spiro atoms. The van der Waals surface area contributed by atoms with Gasteiger partial charge in [0, 0.05) is 5.69 Å². The quantitative estimate of drug-likeness (QED) is 0.413. The molecule has 0 aliphatic rings. The predicted octanol–water partition coefficient (Wildman–Crippen LogP) is 4.69. The minimum atomic E-state index is -0.287. The molecule has 120 valence electrons. The number of fused-ring (bicyclic) bond motifs is 1. The molecule has 0 unspecified atom stereocenters. The van der Waals surface area contributed by atoms with E-state index in [1.165, 1.54) is 17.5 Å². The SMILES string of the molecule is C/C(=N/NC(=S)Nc1ccc(F)cc1)c1ccc2ccccc2c1. The van der Waals surface area contributed by atoms with Crippen LogP contribution in [0.1, 0.15) is 12.5 Å². The van der Waals surface area contributed by atoms with E-state index in [9.17, 15) is 4.39 Å². The third kappa shape index (κ3) is 3.94. The summed E-state index contributed by atoms with van der Waals surface area (Å²) in [6.45, 7) is 1.91. The fraction of sp³-hybridized carbons (Fsp3) is 0.0526. The first-order chi connectivity index (χ1) is 11.6. The van der Waals surface area contributed by atoms with Crippen LogP contribution in [0.25, 0.3) is 10.8 Å². The molecule has 3 aromatic rings. The van der Waals surface area contributed by atoms with Gasteiger partial charge < -0.3 is 5.32 Å². The van der Waals surface area contributed by atoms with E-state index < -0.39 is 0 Å². The van der Waals surface area contributed by atoms with Gasteiger partial charge in [-0.1, -0.05) is 36.4 Å². The van der Waals surface area contributed by atoms with Gasteiger partial charge >= 0.3 is 0 Å². The Kier molecular flexibility index (Phi) is 4.82. The zero-order valence-corrected chi connectivity index (χ0v) is 13.9. The highest BCUT2D eigenvalue weighted by atomic mass is 32.1. The minimum Gasteiger partial charge on any atom is -0.331 e. The van der Waals surface area contributed by atoms with Crippen LogP contribution in [0.15, 0.2) is 71.8 Å². The maximum absolute atomic E-state index is 12.9. The number of benzene rings is 3. The summed E-state index contributed by atoms with van der Waals surface area (Å²) >= 11 is 5.19. The van der Waals surface area contributed by atoms with Crippen molar-refractivity contribution in [3.8, 4) is 0 Å². The molecule has 24 heavy (non-hydrogen) atoms. The summed E-state index contributed by atoms with van der Waals surface area (Å²) in [7, 11) is 0. The molecular weight excluding hydrogens is 321 g/mol. The summed E-state index contributed by atoms with van der Waals surface area (Å²) < 4.78 is 12.9. The normalized spacial score (nSPS) is 11.3. The van der Waals surface area contributed by atoms with Gasteiger partial charge in [-0.3, -0.25) is 5.43 Å². The largest absolute Gasteiger partial charge is 0.331 e. The van der Waals surface area contributed by atoms with E-state index in [0.29, 0.717) is 10.8 Å². The maximum atomic E-state index is 12.9. The smallest absolute Gasteiger partial charge is 0.191 e. The van der Waals surface area contributed by atoms with Crippen molar-refractivity contribution < 1.29 is 4.39 Å². The second-order valence-electron chi connectivity index (χ2n) is 5.33. The number of hydrogen-bond acceptors (Lipinski definition) is 2. The fourth-order valence-corrected chi connectivity index (χ4v) is 2.47. The average molecular weight is 337 g/mol. The molecule has 0 heterocycles. The van der Waals surface area contributed by atoms with E-state index in [4.69, 9.17) is 12.2 Å². The highest BCUT2D eigenvalue weighted by Gasteiger charge is 2.01. The lowest BCUT2D eigenvalue weighted by molar-refractivity contribution is 0.628. The first-order valence-corrected chi connectivity index (χ1v) is 7.89. The second kappa shape index (κ2) is 7.19. The van der Waals surface area contributed by atoms with Crippen LogP contribution in [0.2, 0.25) is 0 Å². The highest BCUT2D eigenvalue weighted by molar-refractivity contribution is 7.80. The molecule has 0 aliphatic heterocycles. The number of halogens is 1. The number of nitrogens with one attached hydrogen (secondary N) is 2. The van der Waals surface area contributed by atoms with Crippen LogP contribution >= 0.6 is 12.2 Å². The summed E-state index contributed by atoms with van der Waals surface area (Å²) in [5.41, 5.74) is 5.35. The van der Waals surface area contributed by atoms with Gasteiger partial charge in [0.25, 0.3) is 0 Å². The molecule has 2 N–H and O–H groups in total. The van der Waals surface area contributed by atoms with E-state index in [1.54, 1.807) is 12.1 Å². The molecule has 0 amide bonds. The third-order valence-electron chi connectivity index (χ3n) is 3.59. The van der Waals surface area contributed by atoms with Crippen LogP contribution in [0, 0.1) is 5.82 Å². The van der Waals surface area contributed by atoms with Crippen LogP contribution in [0.3, 0.4) is 0 Å². The van der Waals surface area contributed by atoms with Gasteiger partial charge in [-0.15, -0.1) is 0 Å². The Balaban J connectivity index is 1.68. The monoisotopic (exact) mass is 337 g/mol. The molecule has 0 fully saturated rings. The zero-order valence-electron chi connectivity index (χ0n) is 13.1. The summed E-state index contributed by atoms with van der Waals surface area (Å²) in [5.74, 6) is -0.287. The number of thiocarbonyl (C=S) groups is 1. The molecule has 0 aromatic heterocycles. The van der Waals surface area contributed by atoms with Crippen molar-refractivity contribution in [3.05, 3.63) is 78.1 Å². The van der Waals surface area contributed by atoms with Crippen molar-refractivity contribution in [2.24, 2.45) is 5.10 Å². The number of rotatable bonds is 3. The average Bonchev–Trinajstić information content (AvgIpc) is 2.61. The molecule has 0 saturated carbocycles. The lowest BCUT2D eigenvalue weighted by Crippen LogP contribution is -2.24. The molecule has 0 radical (unpaired) electrons. The van der Waals surface area contributed by atoms with Crippen molar-refractivity contribution in [1.29, 1.82) is 0 Å². The Morgan fingerprint density at radius 1 is 0.958 bits per heavy atom. The molecule has 5 heteroatoms. The third-order valence-corrected chi connectivity index (χ3v) is 3.79. The van der Waals surface area contributed by atoms with Gasteiger partial charge in [-0.05, 0) is 65.8 Å². The van der Waals surface area contributed by atoms with E-state index in [2.05, 4.69) is 40.1 Å². The zero-order chi connectivity index (χ0) is 16.9. The van der Waals surface area contributed by atoms with Crippen molar-refractivity contribution >= 4 is 39.5 Å². The Labute approximate surface area is 145 Å². The Morgan fingerprint density at radius 2 is 1.67 bits per heavy atom.